The minimum atomic E-state index is -0.635. The standard InChI is InChI=1S/C25H33NO4.C17H19NO3.C8H16O2.2CH4/c1-4-9-21(10-5-2)24(27)30-22-15-13-19(14-16-22)17-23(26-3)25(28)29-18-20-11-7-6-8-12-20;1-18-16(11-13-7-9-15(19)10-8-13)17(20)21-12-14-5-3-2-4-6-14;1-3-5-7(6-4-2)8(9)10;;/h6-8,11-16,21,23,26H,4-5,9-10,17-18H2,1-3H3;2-10,16,18-19H,11-12H2,1H3;7H,3-6H2,1-2H3,(H,9,10);2*1H4/t23-;16-;;;/m00.../s1. The second-order valence-electron chi connectivity index (χ2n) is 14.9. The van der Waals surface area contributed by atoms with Gasteiger partial charge in [-0.2, -0.15) is 0 Å². The Bertz CT molecular complexity index is 1790. The molecule has 348 valence electrons. The fourth-order valence-corrected chi connectivity index (χ4v) is 6.43. The van der Waals surface area contributed by atoms with Crippen LogP contribution in [0.4, 0.5) is 0 Å². The van der Waals surface area contributed by atoms with E-state index in [1.807, 2.05) is 86.6 Å². The van der Waals surface area contributed by atoms with E-state index in [0.717, 1.165) is 73.6 Å². The molecule has 0 aliphatic heterocycles. The summed E-state index contributed by atoms with van der Waals surface area (Å²) in [5.74, 6) is -0.774. The van der Waals surface area contributed by atoms with Crippen molar-refractivity contribution in [2.24, 2.45) is 11.8 Å². The van der Waals surface area contributed by atoms with Crippen LogP contribution in [0.3, 0.4) is 0 Å². The average molecular weight is 873 g/mol. The summed E-state index contributed by atoms with van der Waals surface area (Å²) in [5, 5.41) is 23.9. The maximum Gasteiger partial charge on any atom is 0.323 e. The first kappa shape index (κ1) is 57.5. The van der Waals surface area contributed by atoms with Gasteiger partial charge < -0.3 is 35.1 Å². The first-order chi connectivity index (χ1) is 29.5. The van der Waals surface area contributed by atoms with E-state index in [4.69, 9.17) is 19.3 Å². The Morgan fingerprint density at radius 1 is 0.508 bits per heavy atom. The normalized spacial score (nSPS) is 11.2. The fourth-order valence-electron chi connectivity index (χ4n) is 6.43. The molecule has 0 saturated heterocycles. The highest BCUT2D eigenvalue weighted by molar-refractivity contribution is 5.77. The Labute approximate surface area is 378 Å². The lowest BCUT2D eigenvalue weighted by atomic mass is 9.98. The number of aromatic hydroxyl groups is 1. The molecule has 0 radical (unpaired) electrons. The first-order valence-electron chi connectivity index (χ1n) is 21.5. The molecule has 0 spiro atoms. The maximum atomic E-state index is 12.4. The quantitative estimate of drug-likeness (QED) is 0.0415. The molecule has 0 heterocycles. The van der Waals surface area contributed by atoms with Crippen LogP contribution in [0, 0.1) is 11.8 Å². The number of carboxylic acid groups (broad SMARTS) is 1. The summed E-state index contributed by atoms with van der Waals surface area (Å²) in [4.78, 5) is 47.4. The van der Waals surface area contributed by atoms with E-state index in [1.54, 1.807) is 50.5 Å². The van der Waals surface area contributed by atoms with E-state index in [9.17, 15) is 24.3 Å². The molecule has 63 heavy (non-hydrogen) atoms. The molecule has 0 aliphatic carbocycles. The first-order valence-corrected chi connectivity index (χ1v) is 21.5. The number of hydrogen-bond donors (Lipinski definition) is 4. The van der Waals surface area contributed by atoms with Crippen LogP contribution in [0.5, 0.6) is 11.5 Å². The fraction of sp³-hybridized carbons (Fsp3) is 0.462. The second kappa shape index (κ2) is 34.0. The highest BCUT2D eigenvalue weighted by Crippen LogP contribution is 2.20. The van der Waals surface area contributed by atoms with E-state index in [0.29, 0.717) is 18.6 Å². The van der Waals surface area contributed by atoms with Crippen molar-refractivity contribution in [2.45, 2.75) is 132 Å². The predicted octanol–water partition coefficient (Wildman–Crippen LogP) is 10.5. The molecule has 11 nitrogen and oxygen atoms in total. The van der Waals surface area contributed by atoms with E-state index < -0.39 is 18.1 Å². The zero-order valence-corrected chi connectivity index (χ0v) is 36.9. The van der Waals surface area contributed by atoms with Crippen molar-refractivity contribution in [2.75, 3.05) is 14.1 Å². The van der Waals surface area contributed by atoms with Gasteiger partial charge in [-0.05, 0) is 99.1 Å². The van der Waals surface area contributed by atoms with Crippen molar-refractivity contribution in [3.8, 4) is 11.5 Å². The SMILES string of the molecule is C.C.CCCC(CCC)C(=O)O.CCCC(CCC)C(=O)Oc1ccc(C[C@H](NC)C(=O)OCc2ccccc2)cc1.CN[C@@H](Cc1ccc(O)cc1)C(=O)OCc1ccccc1. The van der Waals surface area contributed by atoms with Crippen molar-refractivity contribution in [1.29, 1.82) is 0 Å². The van der Waals surface area contributed by atoms with Crippen LogP contribution in [0.1, 0.15) is 116 Å². The van der Waals surface area contributed by atoms with Crippen LogP contribution < -0.4 is 15.4 Å². The van der Waals surface area contributed by atoms with Crippen LogP contribution in [-0.2, 0) is 54.7 Å². The van der Waals surface area contributed by atoms with Gasteiger partial charge in [-0.15, -0.1) is 0 Å². The van der Waals surface area contributed by atoms with Crippen molar-refractivity contribution < 1.29 is 43.6 Å². The summed E-state index contributed by atoms with van der Waals surface area (Å²) >= 11 is 0. The Morgan fingerprint density at radius 3 is 1.22 bits per heavy atom. The third-order valence-electron chi connectivity index (χ3n) is 9.90. The Balaban J connectivity index is 0.00000101. The number of nitrogens with one attached hydrogen (secondary N) is 2. The van der Waals surface area contributed by atoms with Crippen LogP contribution >= 0.6 is 0 Å². The molecule has 2 atom stereocenters. The number of aliphatic carboxylic acids is 1. The molecule has 4 rings (SSSR count). The molecule has 0 bridgehead atoms. The molecule has 4 aromatic rings. The Morgan fingerprint density at radius 2 is 0.873 bits per heavy atom. The number of benzene rings is 4. The second-order valence-corrected chi connectivity index (χ2v) is 14.9. The van der Waals surface area contributed by atoms with Gasteiger partial charge in [-0.25, -0.2) is 0 Å². The van der Waals surface area contributed by atoms with E-state index in [2.05, 4.69) is 24.5 Å². The van der Waals surface area contributed by atoms with Gasteiger partial charge in [0.2, 0.25) is 0 Å². The van der Waals surface area contributed by atoms with Gasteiger partial charge in [0.15, 0.2) is 0 Å². The molecule has 11 heteroatoms. The van der Waals surface area contributed by atoms with Crippen molar-refractivity contribution in [3.05, 3.63) is 131 Å². The van der Waals surface area contributed by atoms with Gasteiger partial charge in [0.05, 0.1) is 11.8 Å². The highest BCUT2D eigenvalue weighted by Gasteiger charge is 2.21. The molecule has 4 N–H and O–H groups in total. The summed E-state index contributed by atoms with van der Waals surface area (Å²) in [6.07, 6.45) is 8.21. The number of carbonyl (C=O) groups excluding carboxylic acids is 3. The van der Waals surface area contributed by atoms with Crippen LogP contribution in [0.2, 0.25) is 0 Å². The Kier molecular flexibility index (Phi) is 31.0. The lowest BCUT2D eigenvalue weighted by Gasteiger charge is -2.16. The summed E-state index contributed by atoms with van der Waals surface area (Å²) in [6.45, 7) is 8.72. The van der Waals surface area contributed by atoms with Gasteiger partial charge in [-0.3, -0.25) is 19.2 Å². The van der Waals surface area contributed by atoms with Crippen molar-refractivity contribution >= 4 is 23.9 Å². The van der Waals surface area contributed by atoms with Gasteiger partial charge in [0, 0.05) is 0 Å². The number of rotatable bonds is 23. The summed E-state index contributed by atoms with van der Waals surface area (Å²) in [5.41, 5.74) is 3.84. The number of esters is 3. The van der Waals surface area contributed by atoms with Gasteiger partial charge >= 0.3 is 23.9 Å². The average Bonchev–Trinajstić information content (AvgIpc) is 3.27. The molecule has 0 aliphatic rings. The number of carboxylic acids is 1. The summed E-state index contributed by atoms with van der Waals surface area (Å²) in [6, 6.07) is 32.5. The monoisotopic (exact) mass is 873 g/mol. The van der Waals surface area contributed by atoms with Crippen LogP contribution in [-0.4, -0.2) is 60.3 Å². The zero-order valence-electron chi connectivity index (χ0n) is 36.9. The van der Waals surface area contributed by atoms with E-state index in [1.165, 1.54) is 0 Å². The molecular weight excluding hydrogens is 797 g/mol. The van der Waals surface area contributed by atoms with Crippen LogP contribution in [0.25, 0.3) is 0 Å². The number of carbonyl (C=O) groups is 4. The molecule has 0 unspecified atom stereocenters. The lowest BCUT2D eigenvalue weighted by molar-refractivity contribution is -0.148. The van der Waals surface area contributed by atoms with Gasteiger partial charge in [0.1, 0.15) is 36.8 Å². The Hall–Kier alpha value is -5.52. The van der Waals surface area contributed by atoms with E-state index >= 15 is 0 Å². The maximum absolute atomic E-state index is 12.4. The smallest absolute Gasteiger partial charge is 0.323 e. The molecule has 0 amide bonds. The topological polar surface area (TPSA) is 160 Å². The predicted molar refractivity (Wildman–Crippen MR) is 253 cm³/mol. The van der Waals surface area contributed by atoms with Crippen molar-refractivity contribution in [3.63, 3.8) is 0 Å². The number of phenols is 1. The zero-order chi connectivity index (χ0) is 44.8. The van der Waals surface area contributed by atoms with E-state index in [-0.39, 0.29) is 63.6 Å². The molecule has 0 aromatic heterocycles. The lowest BCUT2D eigenvalue weighted by Crippen LogP contribution is -2.37. The highest BCUT2D eigenvalue weighted by atomic mass is 16.5. The molecule has 0 fully saturated rings. The number of ether oxygens (including phenoxy) is 3. The summed E-state index contributed by atoms with van der Waals surface area (Å²) in [7, 11) is 3.47. The number of likely N-dealkylation sites (N-methyl/N-ethyl adjacent to an activating group) is 2. The summed E-state index contributed by atoms with van der Waals surface area (Å²) < 4.78 is 16.3. The van der Waals surface area contributed by atoms with Crippen molar-refractivity contribution in [1.82, 2.24) is 10.6 Å². The van der Waals surface area contributed by atoms with Gasteiger partial charge in [0.25, 0.3) is 0 Å². The van der Waals surface area contributed by atoms with Crippen LogP contribution in [0.15, 0.2) is 109 Å². The van der Waals surface area contributed by atoms with Gasteiger partial charge in [-0.1, -0.05) is 153 Å². The number of hydrogen-bond acceptors (Lipinski definition) is 10. The molecule has 4 aromatic carbocycles. The minimum absolute atomic E-state index is 0. The number of phenolic OH excluding ortho intramolecular Hbond substituents is 1. The minimum Gasteiger partial charge on any atom is -0.508 e. The molecule has 0 saturated carbocycles. The largest absolute Gasteiger partial charge is 0.508 e. The third-order valence-corrected chi connectivity index (χ3v) is 9.90. The molecular formula is C52H76N2O9. The third kappa shape index (κ3) is 23.5.